The van der Waals surface area contributed by atoms with E-state index in [0.29, 0.717) is 0 Å². The maximum Gasteiger partial charge on any atom is 0.135 e. The summed E-state index contributed by atoms with van der Waals surface area (Å²) in [5.74, 6) is 2.07. The van der Waals surface area contributed by atoms with Gasteiger partial charge in [-0.2, -0.15) is 0 Å². The summed E-state index contributed by atoms with van der Waals surface area (Å²) in [6, 6.07) is 1.48. The summed E-state index contributed by atoms with van der Waals surface area (Å²) in [4.78, 5) is 14.2. The maximum absolute atomic E-state index is 4.71. The molecule has 0 aromatic carbocycles. The van der Waals surface area contributed by atoms with Crippen LogP contribution in [-0.2, 0) is 6.42 Å². The second-order valence-corrected chi connectivity index (χ2v) is 6.66. The second kappa shape index (κ2) is 6.30. The van der Waals surface area contributed by atoms with Gasteiger partial charge < -0.3 is 4.90 Å². The van der Waals surface area contributed by atoms with E-state index in [1.54, 1.807) is 0 Å². The zero-order chi connectivity index (χ0) is 14.8. The standard InChI is InChI=1S/C17H28N4/c1-4-7-15-10-18-14(3)19-17(15)20-11-16(12-20)21-9-6-5-8-13(21)2/h10,13,16H,4-9,11-12H2,1-3H3/t13-/m0/s1. The average molecular weight is 288 g/mol. The van der Waals surface area contributed by atoms with Gasteiger partial charge in [-0.1, -0.05) is 19.8 Å². The largest absolute Gasteiger partial charge is 0.353 e. The molecule has 3 rings (SSSR count). The lowest BCUT2D eigenvalue weighted by molar-refractivity contribution is 0.0872. The number of nitrogens with zero attached hydrogens (tertiary/aromatic N) is 4. The molecule has 21 heavy (non-hydrogen) atoms. The number of aryl methyl sites for hydroxylation is 2. The zero-order valence-corrected chi connectivity index (χ0v) is 13.7. The highest BCUT2D eigenvalue weighted by atomic mass is 15.3. The molecule has 0 amide bonds. The minimum atomic E-state index is 0.727. The molecular weight excluding hydrogens is 260 g/mol. The molecule has 2 aliphatic rings. The van der Waals surface area contributed by atoms with Crippen LogP contribution in [0.15, 0.2) is 6.20 Å². The Balaban J connectivity index is 1.66. The van der Waals surface area contributed by atoms with Crippen molar-refractivity contribution >= 4 is 5.82 Å². The maximum atomic E-state index is 4.71. The molecule has 1 atom stereocenters. The fourth-order valence-corrected chi connectivity index (χ4v) is 3.70. The van der Waals surface area contributed by atoms with Gasteiger partial charge in [-0.05, 0) is 39.7 Å². The minimum absolute atomic E-state index is 0.727. The molecule has 0 spiro atoms. The lowest BCUT2D eigenvalue weighted by Gasteiger charge is -2.50. The monoisotopic (exact) mass is 288 g/mol. The summed E-state index contributed by atoms with van der Waals surface area (Å²) >= 11 is 0. The van der Waals surface area contributed by atoms with Gasteiger partial charge in [0, 0.05) is 36.9 Å². The Labute approximate surface area is 128 Å². The third kappa shape index (κ3) is 3.05. The van der Waals surface area contributed by atoms with Crippen molar-refractivity contribution in [1.82, 2.24) is 14.9 Å². The number of piperidine rings is 1. The molecule has 0 aliphatic carbocycles. The van der Waals surface area contributed by atoms with Crippen LogP contribution in [0.3, 0.4) is 0 Å². The van der Waals surface area contributed by atoms with Gasteiger partial charge in [0.1, 0.15) is 11.6 Å². The third-order valence-corrected chi connectivity index (χ3v) is 4.97. The van der Waals surface area contributed by atoms with Crippen LogP contribution in [0.5, 0.6) is 0 Å². The Kier molecular flexibility index (Phi) is 4.43. The van der Waals surface area contributed by atoms with Crippen LogP contribution in [0.4, 0.5) is 5.82 Å². The molecule has 2 saturated heterocycles. The van der Waals surface area contributed by atoms with E-state index in [2.05, 4.69) is 28.6 Å². The van der Waals surface area contributed by atoms with Crippen LogP contribution in [0, 0.1) is 6.92 Å². The van der Waals surface area contributed by atoms with Crippen molar-refractivity contribution in [1.29, 1.82) is 0 Å². The molecule has 4 heteroatoms. The fraction of sp³-hybridized carbons (Fsp3) is 0.765. The van der Waals surface area contributed by atoms with E-state index in [1.165, 1.54) is 37.2 Å². The molecule has 116 valence electrons. The van der Waals surface area contributed by atoms with Gasteiger partial charge in [0.05, 0.1) is 0 Å². The van der Waals surface area contributed by atoms with Gasteiger partial charge in [-0.15, -0.1) is 0 Å². The highest BCUT2D eigenvalue weighted by molar-refractivity contribution is 5.49. The number of rotatable bonds is 4. The smallest absolute Gasteiger partial charge is 0.135 e. The first-order valence-corrected chi connectivity index (χ1v) is 8.52. The number of anilines is 1. The third-order valence-electron chi connectivity index (χ3n) is 4.97. The molecule has 2 fully saturated rings. The Bertz CT molecular complexity index is 482. The highest BCUT2D eigenvalue weighted by Gasteiger charge is 2.36. The van der Waals surface area contributed by atoms with Gasteiger partial charge in [-0.25, -0.2) is 9.97 Å². The molecule has 2 aliphatic heterocycles. The van der Waals surface area contributed by atoms with Crippen LogP contribution in [0.25, 0.3) is 0 Å². The summed E-state index contributed by atoms with van der Waals surface area (Å²) in [6.07, 6.45) is 8.40. The van der Waals surface area contributed by atoms with Crippen LogP contribution in [0.1, 0.15) is 50.9 Å². The van der Waals surface area contributed by atoms with Gasteiger partial charge in [-0.3, -0.25) is 4.90 Å². The van der Waals surface area contributed by atoms with Crippen molar-refractivity contribution in [2.45, 2.75) is 65.0 Å². The number of hydrogen-bond acceptors (Lipinski definition) is 4. The lowest BCUT2D eigenvalue weighted by Crippen LogP contribution is -2.62. The predicted octanol–water partition coefficient (Wildman–Crippen LogP) is 2.80. The molecule has 0 bridgehead atoms. The fourth-order valence-electron chi connectivity index (χ4n) is 3.70. The zero-order valence-electron chi connectivity index (χ0n) is 13.7. The Morgan fingerprint density at radius 1 is 1.29 bits per heavy atom. The first-order chi connectivity index (χ1) is 10.2. The number of hydrogen-bond donors (Lipinski definition) is 0. The van der Waals surface area contributed by atoms with E-state index >= 15 is 0 Å². The first kappa shape index (κ1) is 14.8. The van der Waals surface area contributed by atoms with E-state index in [4.69, 9.17) is 4.98 Å². The van der Waals surface area contributed by atoms with Gasteiger partial charge in [0.15, 0.2) is 0 Å². The molecule has 0 N–H and O–H groups in total. The molecule has 3 heterocycles. The normalized spacial score (nSPS) is 24.1. The van der Waals surface area contributed by atoms with Crippen molar-refractivity contribution in [2.24, 2.45) is 0 Å². The topological polar surface area (TPSA) is 32.3 Å². The second-order valence-electron chi connectivity index (χ2n) is 6.66. The average Bonchev–Trinajstić information content (AvgIpc) is 2.42. The van der Waals surface area contributed by atoms with Gasteiger partial charge in [0.25, 0.3) is 0 Å². The van der Waals surface area contributed by atoms with Gasteiger partial charge >= 0.3 is 0 Å². The molecule has 1 aromatic rings. The van der Waals surface area contributed by atoms with Crippen LogP contribution >= 0.6 is 0 Å². The van der Waals surface area contributed by atoms with Crippen molar-refractivity contribution in [3.63, 3.8) is 0 Å². The van der Waals surface area contributed by atoms with Gasteiger partial charge in [0.2, 0.25) is 0 Å². The molecule has 0 saturated carbocycles. The molecule has 1 aromatic heterocycles. The summed E-state index contributed by atoms with van der Waals surface area (Å²) in [5.41, 5.74) is 1.31. The number of likely N-dealkylation sites (tertiary alicyclic amines) is 1. The molecule has 0 radical (unpaired) electrons. The summed E-state index contributed by atoms with van der Waals surface area (Å²) in [5, 5.41) is 0. The molecular formula is C17H28N4. The van der Waals surface area contributed by atoms with E-state index in [1.807, 2.05) is 13.1 Å². The predicted molar refractivity (Wildman–Crippen MR) is 86.8 cm³/mol. The SMILES string of the molecule is CCCc1cnc(C)nc1N1CC(N2CCCC[C@@H]2C)C1. The Hall–Kier alpha value is -1.16. The van der Waals surface area contributed by atoms with Crippen molar-refractivity contribution in [3.05, 3.63) is 17.6 Å². The highest BCUT2D eigenvalue weighted by Crippen LogP contribution is 2.29. The van der Waals surface area contributed by atoms with Crippen molar-refractivity contribution in [3.8, 4) is 0 Å². The summed E-state index contributed by atoms with van der Waals surface area (Å²) < 4.78 is 0. The first-order valence-electron chi connectivity index (χ1n) is 8.52. The Morgan fingerprint density at radius 2 is 2.10 bits per heavy atom. The lowest BCUT2D eigenvalue weighted by atomic mass is 9.97. The minimum Gasteiger partial charge on any atom is -0.353 e. The quantitative estimate of drug-likeness (QED) is 0.853. The van der Waals surface area contributed by atoms with Crippen LogP contribution in [0.2, 0.25) is 0 Å². The van der Waals surface area contributed by atoms with Crippen molar-refractivity contribution in [2.75, 3.05) is 24.5 Å². The van der Waals surface area contributed by atoms with E-state index in [0.717, 1.165) is 43.8 Å². The summed E-state index contributed by atoms with van der Waals surface area (Å²) in [7, 11) is 0. The van der Waals surface area contributed by atoms with E-state index < -0.39 is 0 Å². The summed E-state index contributed by atoms with van der Waals surface area (Å²) in [6.45, 7) is 10.2. The van der Waals surface area contributed by atoms with Crippen LogP contribution in [-0.4, -0.2) is 46.6 Å². The Morgan fingerprint density at radius 3 is 2.81 bits per heavy atom. The van der Waals surface area contributed by atoms with E-state index in [-0.39, 0.29) is 0 Å². The molecule has 0 unspecified atom stereocenters. The van der Waals surface area contributed by atoms with Crippen LogP contribution < -0.4 is 4.90 Å². The van der Waals surface area contributed by atoms with E-state index in [9.17, 15) is 0 Å². The van der Waals surface area contributed by atoms with Crippen molar-refractivity contribution < 1.29 is 0 Å². The molecule has 4 nitrogen and oxygen atoms in total. The number of aromatic nitrogens is 2.